The first-order valence-corrected chi connectivity index (χ1v) is 4.26. The summed E-state index contributed by atoms with van der Waals surface area (Å²) in [5.74, 6) is -0.445. The summed E-state index contributed by atoms with van der Waals surface area (Å²) in [5, 5.41) is 0. The van der Waals surface area contributed by atoms with Gasteiger partial charge < -0.3 is 9.47 Å². The molecule has 0 fully saturated rings. The average Bonchev–Trinajstić information content (AvgIpc) is 2.05. The molecule has 0 radical (unpaired) electrons. The molecule has 0 bridgehead atoms. The first kappa shape index (κ1) is 11.9. The van der Waals surface area contributed by atoms with Crippen molar-refractivity contribution in [3.05, 3.63) is 24.3 Å². The van der Waals surface area contributed by atoms with Crippen molar-refractivity contribution in [1.29, 1.82) is 0 Å². The molecule has 0 aliphatic heterocycles. The van der Waals surface area contributed by atoms with Crippen molar-refractivity contribution in [2.75, 3.05) is 6.61 Å². The molecule has 3 nitrogen and oxygen atoms in total. The van der Waals surface area contributed by atoms with Crippen molar-refractivity contribution >= 4 is 5.97 Å². The maximum absolute atomic E-state index is 11.2. The largest absolute Gasteiger partial charge is 0.432 e. The van der Waals surface area contributed by atoms with Crippen LogP contribution in [0.4, 0.5) is 0 Å². The van der Waals surface area contributed by atoms with Crippen molar-refractivity contribution in [3.63, 3.8) is 0 Å². The summed E-state index contributed by atoms with van der Waals surface area (Å²) in [4.78, 5) is 11.2. The molecule has 0 aromatic rings. The molecule has 3 heteroatoms. The zero-order chi connectivity index (χ0) is 10.3. The maximum atomic E-state index is 11.2. The number of ether oxygens (including phenoxy) is 2. The third-order valence-electron chi connectivity index (χ3n) is 1.30. The fraction of sp³-hybridized carbons (Fsp3) is 0.500. The zero-order valence-electron chi connectivity index (χ0n) is 8.37. The second kappa shape index (κ2) is 6.43. The summed E-state index contributed by atoms with van der Waals surface area (Å²) in [6.07, 6.45) is 2.81. The molecule has 0 rings (SSSR count). The summed E-state index contributed by atoms with van der Waals surface area (Å²) in [6.45, 7) is 9.38. The zero-order valence-corrected chi connectivity index (χ0v) is 8.37. The molecule has 1 unspecified atom stereocenters. The minimum atomic E-state index is -0.514. The fourth-order valence-electron chi connectivity index (χ4n) is 0.764. The van der Waals surface area contributed by atoms with E-state index in [9.17, 15) is 4.79 Å². The van der Waals surface area contributed by atoms with Gasteiger partial charge in [-0.05, 0) is 20.8 Å². The highest BCUT2D eigenvalue weighted by molar-refractivity contribution is 5.90. The van der Waals surface area contributed by atoms with Crippen LogP contribution in [0.1, 0.15) is 20.8 Å². The molecule has 0 spiro atoms. The molecule has 13 heavy (non-hydrogen) atoms. The van der Waals surface area contributed by atoms with E-state index in [1.807, 2.05) is 13.8 Å². The van der Waals surface area contributed by atoms with E-state index in [1.54, 1.807) is 19.1 Å². The van der Waals surface area contributed by atoms with Gasteiger partial charge in [0, 0.05) is 6.61 Å². The van der Waals surface area contributed by atoms with E-state index in [2.05, 4.69) is 6.58 Å². The van der Waals surface area contributed by atoms with E-state index in [1.165, 1.54) is 0 Å². The summed E-state index contributed by atoms with van der Waals surface area (Å²) < 4.78 is 9.93. The minimum Gasteiger partial charge on any atom is -0.432 e. The minimum absolute atomic E-state index is 0.328. The molecule has 0 aliphatic carbocycles. The van der Waals surface area contributed by atoms with Crippen LogP contribution < -0.4 is 0 Å². The number of hydrogen-bond acceptors (Lipinski definition) is 3. The predicted molar refractivity (Wildman–Crippen MR) is 51.1 cm³/mol. The Hall–Kier alpha value is -1.09. The lowest BCUT2D eigenvalue weighted by atomic mass is 10.3. The van der Waals surface area contributed by atoms with Crippen LogP contribution >= 0.6 is 0 Å². The summed E-state index contributed by atoms with van der Waals surface area (Å²) in [6, 6.07) is 0. The van der Waals surface area contributed by atoms with Gasteiger partial charge in [0.1, 0.15) is 0 Å². The first-order chi connectivity index (χ1) is 6.11. The normalized spacial score (nSPS) is 12.8. The standard InChI is InChI=1S/C10H16O3/c1-5-7-8(3)10(11)13-9(4)12-6-2/h5,7,9H,3,6H2,1-2,4H3/b7-5-. The second-order valence-electron chi connectivity index (χ2n) is 2.45. The molecular formula is C10H16O3. The van der Waals surface area contributed by atoms with E-state index in [0.717, 1.165) is 0 Å². The van der Waals surface area contributed by atoms with Gasteiger partial charge in [-0.3, -0.25) is 0 Å². The Morgan fingerprint density at radius 3 is 2.69 bits per heavy atom. The Bertz CT molecular complexity index is 206. The number of hydrogen-bond donors (Lipinski definition) is 0. The Morgan fingerprint density at radius 2 is 2.23 bits per heavy atom. The molecule has 0 aromatic heterocycles. The van der Waals surface area contributed by atoms with Gasteiger partial charge in [0.2, 0.25) is 0 Å². The Kier molecular flexibility index (Phi) is 5.89. The third kappa shape index (κ3) is 5.20. The molecule has 0 amide bonds. The number of esters is 1. The quantitative estimate of drug-likeness (QED) is 0.284. The van der Waals surface area contributed by atoms with Gasteiger partial charge in [0.05, 0.1) is 5.57 Å². The van der Waals surface area contributed by atoms with E-state index in [4.69, 9.17) is 9.47 Å². The van der Waals surface area contributed by atoms with Crippen LogP contribution in [0.25, 0.3) is 0 Å². The van der Waals surface area contributed by atoms with Crippen molar-refractivity contribution in [1.82, 2.24) is 0 Å². The smallest absolute Gasteiger partial charge is 0.339 e. The molecule has 0 heterocycles. The summed E-state index contributed by atoms with van der Waals surface area (Å²) in [5.41, 5.74) is 0.328. The second-order valence-corrected chi connectivity index (χ2v) is 2.45. The molecule has 0 saturated heterocycles. The van der Waals surface area contributed by atoms with Crippen LogP contribution in [0.15, 0.2) is 24.3 Å². The van der Waals surface area contributed by atoms with Crippen LogP contribution in [0.5, 0.6) is 0 Å². The van der Waals surface area contributed by atoms with Crippen molar-refractivity contribution in [3.8, 4) is 0 Å². The highest BCUT2D eigenvalue weighted by atomic mass is 16.7. The van der Waals surface area contributed by atoms with Gasteiger partial charge in [-0.1, -0.05) is 18.7 Å². The van der Waals surface area contributed by atoms with Gasteiger partial charge in [-0.25, -0.2) is 4.79 Å². The van der Waals surface area contributed by atoms with Gasteiger partial charge in [0.15, 0.2) is 6.29 Å². The van der Waals surface area contributed by atoms with Crippen molar-refractivity contribution < 1.29 is 14.3 Å². The van der Waals surface area contributed by atoms with Crippen LogP contribution in [-0.4, -0.2) is 18.9 Å². The topological polar surface area (TPSA) is 35.5 Å². The lowest BCUT2D eigenvalue weighted by Crippen LogP contribution is -2.18. The Balaban J connectivity index is 3.92. The molecular weight excluding hydrogens is 168 g/mol. The monoisotopic (exact) mass is 184 g/mol. The Morgan fingerprint density at radius 1 is 1.62 bits per heavy atom. The summed E-state index contributed by atoms with van der Waals surface area (Å²) in [7, 11) is 0. The highest BCUT2D eigenvalue weighted by Gasteiger charge is 2.09. The van der Waals surface area contributed by atoms with Crippen LogP contribution in [0, 0.1) is 0 Å². The lowest BCUT2D eigenvalue weighted by molar-refractivity contribution is -0.168. The van der Waals surface area contributed by atoms with E-state index < -0.39 is 12.3 Å². The van der Waals surface area contributed by atoms with E-state index >= 15 is 0 Å². The number of carbonyl (C=O) groups excluding carboxylic acids is 1. The van der Waals surface area contributed by atoms with Gasteiger partial charge in [-0.2, -0.15) is 0 Å². The van der Waals surface area contributed by atoms with Crippen molar-refractivity contribution in [2.45, 2.75) is 27.1 Å². The number of rotatable bonds is 5. The molecule has 0 saturated carbocycles. The molecule has 74 valence electrons. The maximum Gasteiger partial charge on any atom is 0.339 e. The SMILES string of the molecule is C=C(/C=C\C)C(=O)OC(C)OCC. The highest BCUT2D eigenvalue weighted by Crippen LogP contribution is 2.01. The molecule has 0 aliphatic rings. The van der Waals surface area contributed by atoms with Gasteiger partial charge in [0.25, 0.3) is 0 Å². The van der Waals surface area contributed by atoms with E-state index in [0.29, 0.717) is 12.2 Å². The van der Waals surface area contributed by atoms with Crippen LogP contribution in [0.2, 0.25) is 0 Å². The number of carbonyl (C=O) groups is 1. The van der Waals surface area contributed by atoms with Crippen molar-refractivity contribution in [2.24, 2.45) is 0 Å². The predicted octanol–water partition coefficient (Wildman–Crippen LogP) is 2.04. The third-order valence-corrected chi connectivity index (χ3v) is 1.30. The Labute approximate surface area is 79.0 Å². The lowest BCUT2D eigenvalue weighted by Gasteiger charge is -2.12. The molecule has 0 N–H and O–H groups in total. The van der Waals surface area contributed by atoms with E-state index in [-0.39, 0.29) is 0 Å². The fourth-order valence-corrected chi connectivity index (χ4v) is 0.764. The number of allylic oxidation sites excluding steroid dienone is 1. The summed E-state index contributed by atoms with van der Waals surface area (Å²) >= 11 is 0. The van der Waals surface area contributed by atoms with Gasteiger partial charge in [-0.15, -0.1) is 0 Å². The molecule has 0 aromatic carbocycles. The first-order valence-electron chi connectivity index (χ1n) is 4.26. The van der Waals surface area contributed by atoms with Crippen LogP contribution in [-0.2, 0) is 14.3 Å². The van der Waals surface area contributed by atoms with Crippen LogP contribution in [0.3, 0.4) is 0 Å². The average molecular weight is 184 g/mol. The molecule has 1 atom stereocenters. The van der Waals surface area contributed by atoms with Gasteiger partial charge >= 0.3 is 5.97 Å².